The summed E-state index contributed by atoms with van der Waals surface area (Å²) in [6, 6.07) is 7.89. The molecule has 1 aromatic carbocycles. The fourth-order valence-corrected chi connectivity index (χ4v) is 5.44. The van der Waals surface area contributed by atoms with Crippen LogP contribution in [0.5, 0.6) is 0 Å². The van der Waals surface area contributed by atoms with Crippen LogP contribution >= 0.6 is 27.7 Å². The Hall–Kier alpha value is -0.530. The highest BCUT2D eigenvalue weighted by Crippen LogP contribution is 2.20. The molecule has 0 N–H and O–H groups in total. The van der Waals surface area contributed by atoms with Crippen LogP contribution in [0.1, 0.15) is 18.9 Å². The standard InChI is InChI=1S/C15H20BrNO3S2/c1-2-17(14-7-8-22(19,20)11-14)15(18)10-21-9-12-3-5-13(16)6-4-12/h3-6,14H,2,7-11H2,1H3. The van der Waals surface area contributed by atoms with Gasteiger partial charge < -0.3 is 4.90 Å². The Morgan fingerprint density at radius 3 is 2.59 bits per heavy atom. The molecule has 0 spiro atoms. The van der Waals surface area contributed by atoms with Crippen molar-refractivity contribution >= 4 is 43.4 Å². The molecule has 4 nitrogen and oxygen atoms in total. The lowest BCUT2D eigenvalue weighted by Crippen LogP contribution is -2.41. The van der Waals surface area contributed by atoms with Crippen molar-refractivity contribution in [1.82, 2.24) is 4.90 Å². The van der Waals surface area contributed by atoms with Crippen LogP contribution in [-0.4, -0.2) is 49.1 Å². The van der Waals surface area contributed by atoms with Gasteiger partial charge in [-0.2, -0.15) is 0 Å². The fraction of sp³-hybridized carbons (Fsp3) is 0.533. The van der Waals surface area contributed by atoms with Crippen LogP contribution < -0.4 is 0 Å². The summed E-state index contributed by atoms with van der Waals surface area (Å²) in [7, 11) is -2.96. The normalized spacial score (nSPS) is 20.0. The van der Waals surface area contributed by atoms with Crippen LogP contribution in [0.4, 0.5) is 0 Å². The van der Waals surface area contributed by atoms with E-state index in [0.29, 0.717) is 18.7 Å². The molecule has 1 fully saturated rings. The summed E-state index contributed by atoms with van der Waals surface area (Å²) < 4.78 is 24.2. The van der Waals surface area contributed by atoms with Crippen molar-refractivity contribution in [3.05, 3.63) is 34.3 Å². The van der Waals surface area contributed by atoms with Crippen LogP contribution in [0.25, 0.3) is 0 Å². The summed E-state index contributed by atoms with van der Waals surface area (Å²) in [5.74, 6) is 1.52. The summed E-state index contributed by atoms with van der Waals surface area (Å²) >= 11 is 4.96. The second-order valence-electron chi connectivity index (χ2n) is 5.36. The molecular weight excluding hydrogens is 386 g/mol. The maximum Gasteiger partial charge on any atom is 0.232 e. The maximum atomic E-state index is 12.3. The number of halogens is 1. The van der Waals surface area contributed by atoms with E-state index in [1.807, 2.05) is 31.2 Å². The Morgan fingerprint density at radius 2 is 2.05 bits per heavy atom. The van der Waals surface area contributed by atoms with Gasteiger partial charge in [0.2, 0.25) is 5.91 Å². The van der Waals surface area contributed by atoms with Gasteiger partial charge in [0.25, 0.3) is 0 Å². The molecule has 1 aromatic rings. The number of rotatable bonds is 6. The summed E-state index contributed by atoms with van der Waals surface area (Å²) in [5, 5.41) is 0. The van der Waals surface area contributed by atoms with Gasteiger partial charge in [-0.3, -0.25) is 4.79 Å². The Kier molecular flexibility index (Phi) is 6.35. The van der Waals surface area contributed by atoms with Crippen molar-refractivity contribution in [3.8, 4) is 0 Å². The number of hydrogen-bond acceptors (Lipinski definition) is 4. The molecule has 1 aliphatic heterocycles. The molecule has 1 aliphatic rings. The van der Waals surface area contributed by atoms with Crippen LogP contribution in [0.15, 0.2) is 28.7 Å². The van der Waals surface area contributed by atoms with E-state index in [1.165, 1.54) is 5.56 Å². The van der Waals surface area contributed by atoms with Crippen molar-refractivity contribution in [2.24, 2.45) is 0 Å². The summed E-state index contributed by atoms with van der Waals surface area (Å²) in [6.45, 7) is 2.47. The predicted octanol–water partition coefficient (Wildman–Crippen LogP) is 2.72. The molecule has 0 aromatic heterocycles. The Bertz CT molecular complexity index is 616. The third-order valence-corrected chi connectivity index (χ3v) is 6.99. The fourth-order valence-electron chi connectivity index (χ4n) is 2.58. The van der Waals surface area contributed by atoms with Crippen LogP contribution in [0.2, 0.25) is 0 Å². The molecule has 1 unspecified atom stereocenters. The smallest absolute Gasteiger partial charge is 0.232 e. The molecular formula is C15H20BrNO3S2. The molecule has 22 heavy (non-hydrogen) atoms. The first kappa shape index (κ1) is 17.8. The third kappa shape index (κ3) is 4.99. The van der Waals surface area contributed by atoms with Crippen LogP contribution in [0, 0.1) is 0 Å². The van der Waals surface area contributed by atoms with Crippen LogP contribution in [-0.2, 0) is 20.4 Å². The molecule has 1 heterocycles. The van der Waals surface area contributed by atoms with E-state index in [0.717, 1.165) is 10.2 Å². The largest absolute Gasteiger partial charge is 0.338 e. The molecule has 0 saturated carbocycles. The zero-order valence-corrected chi connectivity index (χ0v) is 15.7. The van der Waals surface area contributed by atoms with Gasteiger partial charge in [-0.05, 0) is 31.0 Å². The number of thioether (sulfide) groups is 1. The average Bonchev–Trinajstić information content (AvgIpc) is 2.82. The highest BCUT2D eigenvalue weighted by Gasteiger charge is 2.33. The molecule has 1 saturated heterocycles. The van der Waals surface area contributed by atoms with Gasteiger partial charge in [0, 0.05) is 22.8 Å². The van der Waals surface area contributed by atoms with Crippen molar-refractivity contribution in [3.63, 3.8) is 0 Å². The number of nitrogens with zero attached hydrogens (tertiary/aromatic N) is 1. The topological polar surface area (TPSA) is 54.5 Å². The van der Waals surface area contributed by atoms with E-state index in [-0.39, 0.29) is 23.5 Å². The van der Waals surface area contributed by atoms with Gasteiger partial charge in [-0.1, -0.05) is 28.1 Å². The predicted molar refractivity (Wildman–Crippen MR) is 94.7 cm³/mol. The second kappa shape index (κ2) is 7.84. The Labute approximate surface area is 144 Å². The number of amides is 1. The molecule has 1 atom stereocenters. The molecule has 1 amide bonds. The lowest BCUT2D eigenvalue weighted by atomic mass is 10.2. The zero-order chi connectivity index (χ0) is 16.2. The number of carbonyl (C=O) groups is 1. The molecule has 2 rings (SSSR count). The van der Waals surface area contributed by atoms with Crippen molar-refractivity contribution in [2.75, 3.05) is 23.8 Å². The van der Waals surface area contributed by atoms with Crippen LogP contribution in [0.3, 0.4) is 0 Å². The van der Waals surface area contributed by atoms with Gasteiger partial charge >= 0.3 is 0 Å². The van der Waals surface area contributed by atoms with E-state index < -0.39 is 9.84 Å². The highest BCUT2D eigenvalue weighted by molar-refractivity contribution is 9.10. The quantitative estimate of drug-likeness (QED) is 0.729. The summed E-state index contributed by atoms with van der Waals surface area (Å²) in [6.07, 6.45) is 0.569. The Morgan fingerprint density at radius 1 is 1.36 bits per heavy atom. The summed E-state index contributed by atoms with van der Waals surface area (Å²) in [5.41, 5.74) is 1.17. The minimum Gasteiger partial charge on any atom is -0.338 e. The van der Waals surface area contributed by atoms with E-state index in [1.54, 1.807) is 16.7 Å². The third-order valence-electron chi connectivity index (χ3n) is 3.72. The molecule has 7 heteroatoms. The first-order valence-corrected chi connectivity index (χ1v) is 11.0. The van der Waals surface area contributed by atoms with E-state index >= 15 is 0 Å². The molecule has 0 radical (unpaired) electrons. The highest BCUT2D eigenvalue weighted by atomic mass is 79.9. The molecule has 122 valence electrons. The first-order chi connectivity index (χ1) is 10.4. The minimum atomic E-state index is -2.96. The minimum absolute atomic E-state index is 0.0340. The molecule has 0 aliphatic carbocycles. The van der Waals surface area contributed by atoms with E-state index in [2.05, 4.69) is 15.9 Å². The zero-order valence-electron chi connectivity index (χ0n) is 12.5. The van der Waals surface area contributed by atoms with Gasteiger partial charge in [0.1, 0.15) is 0 Å². The first-order valence-electron chi connectivity index (χ1n) is 7.23. The van der Waals surface area contributed by atoms with Crippen molar-refractivity contribution in [2.45, 2.75) is 25.1 Å². The van der Waals surface area contributed by atoms with E-state index in [4.69, 9.17) is 0 Å². The second-order valence-corrected chi connectivity index (χ2v) is 9.49. The van der Waals surface area contributed by atoms with E-state index in [9.17, 15) is 13.2 Å². The number of benzene rings is 1. The average molecular weight is 406 g/mol. The number of carbonyl (C=O) groups excluding carboxylic acids is 1. The maximum absolute atomic E-state index is 12.3. The molecule has 0 bridgehead atoms. The lowest BCUT2D eigenvalue weighted by Gasteiger charge is -2.26. The van der Waals surface area contributed by atoms with Gasteiger partial charge in [-0.25, -0.2) is 8.42 Å². The monoisotopic (exact) mass is 405 g/mol. The summed E-state index contributed by atoms with van der Waals surface area (Å²) in [4.78, 5) is 14.0. The SMILES string of the molecule is CCN(C(=O)CSCc1ccc(Br)cc1)C1CCS(=O)(=O)C1. The van der Waals surface area contributed by atoms with Crippen molar-refractivity contribution in [1.29, 1.82) is 0 Å². The number of hydrogen-bond donors (Lipinski definition) is 0. The van der Waals surface area contributed by atoms with Gasteiger partial charge in [0.05, 0.1) is 17.3 Å². The lowest BCUT2D eigenvalue weighted by molar-refractivity contribution is -0.129. The number of sulfone groups is 1. The van der Waals surface area contributed by atoms with Crippen molar-refractivity contribution < 1.29 is 13.2 Å². The Balaban J connectivity index is 1.83. The van der Waals surface area contributed by atoms with Gasteiger partial charge in [0.15, 0.2) is 9.84 Å². The van der Waals surface area contributed by atoms with Gasteiger partial charge in [-0.15, -0.1) is 11.8 Å².